The lowest BCUT2D eigenvalue weighted by molar-refractivity contribution is 0.194. The van der Waals surface area contributed by atoms with Crippen molar-refractivity contribution >= 4 is 17.0 Å². The normalized spacial score (nSPS) is 12.4. The summed E-state index contributed by atoms with van der Waals surface area (Å²) in [5.41, 5.74) is 1.79. The number of anilines is 1. The number of hydrogen-bond donors (Lipinski definition) is 1. The van der Waals surface area contributed by atoms with Crippen LogP contribution < -0.4 is 4.90 Å². The highest BCUT2D eigenvalue weighted by Crippen LogP contribution is 2.16. The quantitative estimate of drug-likeness (QED) is 0.900. The molecule has 2 heterocycles. The number of aromatic nitrogens is 1. The highest BCUT2D eigenvalue weighted by Gasteiger charge is 2.05. The van der Waals surface area contributed by atoms with Gasteiger partial charge in [0.15, 0.2) is 0 Å². The zero-order valence-corrected chi connectivity index (χ0v) is 11.5. The van der Waals surface area contributed by atoms with Crippen LogP contribution in [0.2, 0.25) is 0 Å². The van der Waals surface area contributed by atoms with E-state index in [-0.39, 0.29) is 0 Å². The van der Waals surface area contributed by atoms with E-state index in [2.05, 4.69) is 34.4 Å². The smallest absolute Gasteiger partial charge is 0.0931 e. The van der Waals surface area contributed by atoms with Gasteiger partial charge in [-0.05, 0) is 36.9 Å². The average molecular weight is 262 g/mol. The molecule has 1 atom stereocenters. The van der Waals surface area contributed by atoms with Crippen molar-refractivity contribution in [2.75, 3.05) is 18.5 Å². The Kier molecular flexibility index (Phi) is 4.33. The van der Waals surface area contributed by atoms with E-state index in [1.54, 1.807) is 18.3 Å². The van der Waals surface area contributed by atoms with Crippen LogP contribution in [0.5, 0.6) is 0 Å². The minimum Gasteiger partial charge on any atom is -0.387 e. The van der Waals surface area contributed by atoms with Gasteiger partial charge >= 0.3 is 0 Å². The van der Waals surface area contributed by atoms with Gasteiger partial charge in [0.25, 0.3) is 0 Å². The molecule has 2 aromatic heterocycles. The highest BCUT2D eigenvalue weighted by atomic mass is 32.1. The maximum atomic E-state index is 9.41. The van der Waals surface area contributed by atoms with Crippen molar-refractivity contribution in [3.8, 4) is 0 Å². The number of nitrogens with zero attached hydrogens (tertiary/aromatic N) is 2. The van der Waals surface area contributed by atoms with Crippen LogP contribution in [0.1, 0.15) is 23.6 Å². The number of aliphatic hydroxyl groups is 1. The first-order chi connectivity index (χ1) is 8.66. The van der Waals surface area contributed by atoms with Gasteiger partial charge in [-0.25, -0.2) is 0 Å². The standard InChI is InChI=1S/C14H18N2OS/c1-11(17)14-6-5-12(10-15-14)16(2)8-7-13-4-3-9-18-13/h3-6,9-11,17H,7-8H2,1-2H3/t11-/m1/s1. The maximum Gasteiger partial charge on any atom is 0.0931 e. The summed E-state index contributed by atoms with van der Waals surface area (Å²) in [6.45, 7) is 2.69. The SMILES string of the molecule is C[C@@H](O)c1ccc(N(C)CCc2cccs2)cn1. The van der Waals surface area contributed by atoms with Gasteiger partial charge in [-0.15, -0.1) is 11.3 Å². The van der Waals surface area contributed by atoms with Crippen molar-refractivity contribution in [2.24, 2.45) is 0 Å². The second-order valence-corrected chi connectivity index (χ2v) is 5.40. The maximum absolute atomic E-state index is 9.41. The van der Waals surface area contributed by atoms with E-state index in [0.29, 0.717) is 5.69 Å². The van der Waals surface area contributed by atoms with E-state index in [9.17, 15) is 5.11 Å². The summed E-state index contributed by atoms with van der Waals surface area (Å²) in [6.07, 6.45) is 2.36. The van der Waals surface area contributed by atoms with Gasteiger partial charge in [0.2, 0.25) is 0 Å². The topological polar surface area (TPSA) is 36.4 Å². The molecule has 0 aliphatic carbocycles. The molecule has 0 aliphatic rings. The minimum atomic E-state index is -0.504. The number of thiophene rings is 1. The molecule has 0 amide bonds. The summed E-state index contributed by atoms with van der Waals surface area (Å²) < 4.78 is 0. The third kappa shape index (κ3) is 3.31. The molecule has 0 bridgehead atoms. The largest absolute Gasteiger partial charge is 0.387 e. The monoisotopic (exact) mass is 262 g/mol. The molecule has 0 saturated carbocycles. The molecule has 1 N–H and O–H groups in total. The van der Waals surface area contributed by atoms with Crippen molar-refractivity contribution in [1.29, 1.82) is 0 Å². The predicted molar refractivity (Wildman–Crippen MR) is 76.2 cm³/mol. The van der Waals surface area contributed by atoms with Crippen LogP contribution >= 0.6 is 11.3 Å². The van der Waals surface area contributed by atoms with Crippen LogP contribution in [-0.4, -0.2) is 23.7 Å². The molecule has 0 saturated heterocycles. The Morgan fingerprint density at radius 3 is 2.78 bits per heavy atom. The first kappa shape index (κ1) is 13.1. The fraction of sp³-hybridized carbons (Fsp3) is 0.357. The molecule has 2 rings (SSSR count). The Bertz CT molecular complexity index is 465. The second-order valence-electron chi connectivity index (χ2n) is 4.37. The van der Waals surface area contributed by atoms with Crippen molar-refractivity contribution in [3.05, 3.63) is 46.4 Å². The molecule has 0 aromatic carbocycles. The fourth-order valence-electron chi connectivity index (χ4n) is 1.73. The average Bonchev–Trinajstić information content (AvgIpc) is 2.89. The summed E-state index contributed by atoms with van der Waals surface area (Å²) in [5, 5.41) is 11.5. The molecule has 0 radical (unpaired) electrons. The Morgan fingerprint density at radius 1 is 1.39 bits per heavy atom. The number of likely N-dealkylation sites (N-methyl/N-ethyl adjacent to an activating group) is 1. The van der Waals surface area contributed by atoms with Crippen LogP contribution in [0, 0.1) is 0 Å². The zero-order chi connectivity index (χ0) is 13.0. The van der Waals surface area contributed by atoms with E-state index < -0.39 is 6.10 Å². The first-order valence-electron chi connectivity index (χ1n) is 6.04. The molecule has 0 fully saturated rings. The summed E-state index contributed by atoms with van der Waals surface area (Å²) >= 11 is 1.79. The van der Waals surface area contributed by atoms with E-state index in [0.717, 1.165) is 18.7 Å². The Morgan fingerprint density at radius 2 is 2.22 bits per heavy atom. The van der Waals surface area contributed by atoms with Crippen molar-refractivity contribution in [1.82, 2.24) is 4.98 Å². The van der Waals surface area contributed by atoms with E-state index in [4.69, 9.17) is 0 Å². The van der Waals surface area contributed by atoms with Gasteiger partial charge in [-0.2, -0.15) is 0 Å². The fourth-order valence-corrected chi connectivity index (χ4v) is 2.43. The summed E-state index contributed by atoms with van der Waals surface area (Å²) in [5.74, 6) is 0. The molecule has 0 spiro atoms. The lowest BCUT2D eigenvalue weighted by atomic mass is 10.2. The van der Waals surface area contributed by atoms with Crippen LogP contribution in [0.3, 0.4) is 0 Å². The lowest BCUT2D eigenvalue weighted by Crippen LogP contribution is -2.20. The molecule has 0 unspecified atom stereocenters. The second kappa shape index (κ2) is 5.98. The minimum absolute atomic E-state index is 0.504. The van der Waals surface area contributed by atoms with Crippen LogP contribution in [0.25, 0.3) is 0 Å². The van der Waals surface area contributed by atoms with Crippen LogP contribution in [-0.2, 0) is 6.42 Å². The van der Waals surface area contributed by atoms with Crippen LogP contribution in [0.4, 0.5) is 5.69 Å². The molecule has 3 nitrogen and oxygen atoms in total. The predicted octanol–water partition coefficient (Wildman–Crippen LogP) is 2.88. The molecular weight excluding hydrogens is 244 g/mol. The number of pyridine rings is 1. The summed E-state index contributed by atoms with van der Waals surface area (Å²) in [6, 6.07) is 8.12. The number of aliphatic hydroxyl groups excluding tert-OH is 1. The summed E-state index contributed by atoms with van der Waals surface area (Å²) in [4.78, 5) is 7.83. The van der Waals surface area contributed by atoms with E-state index in [1.165, 1.54) is 4.88 Å². The zero-order valence-electron chi connectivity index (χ0n) is 10.7. The molecule has 0 aliphatic heterocycles. The van der Waals surface area contributed by atoms with Crippen LogP contribution in [0.15, 0.2) is 35.8 Å². The Hall–Kier alpha value is -1.39. The van der Waals surface area contributed by atoms with Gasteiger partial charge in [0, 0.05) is 18.5 Å². The molecular formula is C14H18N2OS. The van der Waals surface area contributed by atoms with Gasteiger partial charge < -0.3 is 10.0 Å². The highest BCUT2D eigenvalue weighted by molar-refractivity contribution is 7.09. The van der Waals surface area contributed by atoms with Crippen molar-refractivity contribution in [3.63, 3.8) is 0 Å². The lowest BCUT2D eigenvalue weighted by Gasteiger charge is -2.19. The number of hydrogen-bond acceptors (Lipinski definition) is 4. The summed E-state index contributed by atoms with van der Waals surface area (Å²) in [7, 11) is 2.06. The first-order valence-corrected chi connectivity index (χ1v) is 6.92. The molecule has 96 valence electrons. The van der Waals surface area contributed by atoms with Crippen molar-refractivity contribution in [2.45, 2.75) is 19.4 Å². The molecule has 2 aromatic rings. The molecule has 4 heteroatoms. The Balaban J connectivity index is 1.94. The Labute approximate surface area is 112 Å². The number of rotatable bonds is 5. The third-order valence-corrected chi connectivity index (χ3v) is 3.85. The van der Waals surface area contributed by atoms with E-state index >= 15 is 0 Å². The van der Waals surface area contributed by atoms with Crippen molar-refractivity contribution < 1.29 is 5.11 Å². The van der Waals surface area contributed by atoms with Gasteiger partial charge in [-0.1, -0.05) is 6.07 Å². The van der Waals surface area contributed by atoms with Gasteiger partial charge in [0.1, 0.15) is 0 Å². The molecule has 18 heavy (non-hydrogen) atoms. The van der Waals surface area contributed by atoms with Gasteiger partial charge in [-0.3, -0.25) is 4.98 Å². The van der Waals surface area contributed by atoms with Gasteiger partial charge in [0.05, 0.1) is 23.7 Å². The third-order valence-electron chi connectivity index (χ3n) is 2.91. The van der Waals surface area contributed by atoms with E-state index in [1.807, 2.05) is 18.3 Å².